The molecular formula is C48H74O14. The summed E-state index contributed by atoms with van der Waals surface area (Å²) in [6.45, 7) is 18.4. The normalized spacial score (nSPS) is 43.8. The first-order valence-corrected chi connectivity index (χ1v) is 23.4. The van der Waals surface area contributed by atoms with Crippen molar-refractivity contribution in [3.63, 3.8) is 0 Å². The molecule has 7 aliphatic heterocycles. The lowest BCUT2D eigenvalue weighted by molar-refractivity contribution is -0.334. The fourth-order valence-electron chi connectivity index (χ4n) is 11.4. The van der Waals surface area contributed by atoms with Gasteiger partial charge in [-0.2, -0.15) is 0 Å². The minimum atomic E-state index is -1.74. The van der Waals surface area contributed by atoms with E-state index in [-0.39, 0.29) is 36.6 Å². The summed E-state index contributed by atoms with van der Waals surface area (Å²) in [5.74, 6) is -3.51. The molecule has 7 rings (SSSR count). The SMILES string of the molecule is C=C1[C@@H](O)[C@@H]2O[C@]3(CC[C@H](/C=C/[C@@H](C)[C@@H]4CC(C)=C[C@@]5(O[C@H](C[C@@](C)(O)C(=O)OC)CC[C@H]5O)O4)O3)CC[C@H]2O[C@@H]1[C@H](C[C@H](C)[C@H]1O[C@@]2(CC[C@H]1C)OCCC[C@H]2C)OC(C)=O. The summed E-state index contributed by atoms with van der Waals surface area (Å²) in [5.41, 5.74) is -0.306. The van der Waals surface area contributed by atoms with E-state index in [4.69, 9.17) is 42.6 Å². The molecule has 14 heteroatoms. The van der Waals surface area contributed by atoms with Gasteiger partial charge in [0.2, 0.25) is 5.79 Å². The predicted octanol–water partition coefficient (Wildman–Crippen LogP) is 6.12. The van der Waals surface area contributed by atoms with Crippen molar-refractivity contribution >= 4 is 11.9 Å². The van der Waals surface area contributed by atoms with E-state index in [1.54, 1.807) is 0 Å². The molecular weight excluding hydrogens is 801 g/mol. The molecule has 6 saturated heterocycles. The maximum Gasteiger partial charge on any atom is 0.337 e. The van der Waals surface area contributed by atoms with E-state index in [2.05, 4.69) is 40.3 Å². The molecule has 0 unspecified atom stereocenters. The van der Waals surface area contributed by atoms with Gasteiger partial charge in [0.05, 0.1) is 44.2 Å². The van der Waals surface area contributed by atoms with Crippen LogP contribution in [0, 0.1) is 23.7 Å². The van der Waals surface area contributed by atoms with Gasteiger partial charge in [0, 0.05) is 44.4 Å². The highest BCUT2D eigenvalue weighted by Crippen LogP contribution is 2.48. The van der Waals surface area contributed by atoms with Crippen molar-refractivity contribution in [1.29, 1.82) is 0 Å². The van der Waals surface area contributed by atoms with Crippen LogP contribution in [0.4, 0.5) is 0 Å². The Labute approximate surface area is 368 Å². The average Bonchev–Trinajstić information content (AvgIpc) is 3.62. The Morgan fingerprint density at radius 2 is 1.77 bits per heavy atom. The van der Waals surface area contributed by atoms with Crippen molar-refractivity contribution in [2.75, 3.05) is 13.7 Å². The quantitative estimate of drug-likeness (QED) is 0.160. The Hall–Kier alpha value is -2.24. The molecule has 0 radical (unpaired) electrons. The third-order valence-electron chi connectivity index (χ3n) is 15.0. The Balaban J connectivity index is 0.953. The van der Waals surface area contributed by atoms with Gasteiger partial charge in [-0.15, -0.1) is 0 Å². The Morgan fingerprint density at radius 3 is 2.50 bits per heavy atom. The number of fused-ring (bicyclic) bond motifs is 1. The van der Waals surface area contributed by atoms with Gasteiger partial charge in [-0.25, -0.2) is 4.79 Å². The Morgan fingerprint density at radius 1 is 1.02 bits per heavy atom. The average molecular weight is 875 g/mol. The number of hydrogen-bond acceptors (Lipinski definition) is 14. The molecule has 0 amide bonds. The number of aliphatic hydroxyl groups excluding tert-OH is 2. The minimum Gasteiger partial charge on any atom is -0.467 e. The van der Waals surface area contributed by atoms with Crippen molar-refractivity contribution in [1.82, 2.24) is 0 Å². The second-order valence-corrected chi connectivity index (χ2v) is 20.1. The largest absolute Gasteiger partial charge is 0.467 e. The molecule has 14 nitrogen and oxygen atoms in total. The highest BCUT2D eigenvalue weighted by atomic mass is 16.7. The number of rotatable bonds is 11. The smallest absolute Gasteiger partial charge is 0.337 e. The van der Waals surface area contributed by atoms with Crippen molar-refractivity contribution in [2.24, 2.45) is 23.7 Å². The van der Waals surface area contributed by atoms with Gasteiger partial charge >= 0.3 is 11.9 Å². The minimum absolute atomic E-state index is 0.00690. The number of esters is 2. The van der Waals surface area contributed by atoms with Crippen LogP contribution in [-0.2, 0) is 52.2 Å². The van der Waals surface area contributed by atoms with E-state index in [9.17, 15) is 24.9 Å². The maximum absolute atomic E-state index is 12.5. The van der Waals surface area contributed by atoms with Crippen LogP contribution >= 0.6 is 0 Å². The van der Waals surface area contributed by atoms with E-state index in [1.807, 2.05) is 19.1 Å². The molecule has 0 aromatic heterocycles. The van der Waals surface area contributed by atoms with E-state index in [0.717, 1.165) is 37.7 Å². The fourth-order valence-corrected chi connectivity index (χ4v) is 11.4. The van der Waals surface area contributed by atoms with Crippen LogP contribution in [0.1, 0.15) is 132 Å². The second-order valence-electron chi connectivity index (χ2n) is 20.1. The Kier molecular flexibility index (Phi) is 14.6. The summed E-state index contributed by atoms with van der Waals surface area (Å²) >= 11 is 0. The summed E-state index contributed by atoms with van der Waals surface area (Å²) in [6, 6.07) is 0. The molecule has 7 aliphatic rings. The maximum atomic E-state index is 12.5. The standard InChI is InChI=1S/C48H74O14/c1-27-23-37(60-48(25-27)39(50)15-14-35(59-48)26-45(8,53)44(52)54-9)28(2)12-13-34-17-19-46(58-34)20-18-36-43(61-46)40(51)32(6)42(57-36)38(56-33(7)49)24-30(4)41-29(3)16-21-47(62-41)31(5)11-10-22-55-47/h12-13,25,28-31,34-43,50-51,53H,6,10-11,14-24,26H2,1-5,7-9H3/b13-12+/t28-,29-,30+,31-,34+,35+,36-,37+,38+,39-,40-,41+,42+,43-,45-,46-,47-,48-/m1/s1. The van der Waals surface area contributed by atoms with Crippen molar-refractivity contribution in [3.8, 4) is 0 Å². The van der Waals surface area contributed by atoms with E-state index in [0.29, 0.717) is 69.0 Å². The van der Waals surface area contributed by atoms with Crippen LogP contribution in [0.3, 0.4) is 0 Å². The highest BCUT2D eigenvalue weighted by molar-refractivity contribution is 5.78. The Bertz CT molecular complexity index is 1680. The molecule has 350 valence electrons. The lowest BCUT2D eigenvalue weighted by atomic mass is 9.78. The zero-order valence-corrected chi connectivity index (χ0v) is 38.3. The third kappa shape index (κ3) is 9.95. The van der Waals surface area contributed by atoms with Gasteiger partial charge < -0.3 is 58.0 Å². The van der Waals surface area contributed by atoms with Gasteiger partial charge in [0.1, 0.15) is 30.5 Å². The zero-order valence-electron chi connectivity index (χ0n) is 38.3. The molecule has 3 spiro atoms. The van der Waals surface area contributed by atoms with Crippen molar-refractivity contribution < 1.29 is 67.5 Å². The fraction of sp³-hybridized carbons (Fsp3) is 0.833. The number of carbonyl (C=O) groups excluding carboxylic acids is 2. The monoisotopic (exact) mass is 875 g/mol. The molecule has 0 saturated carbocycles. The van der Waals surface area contributed by atoms with Gasteiger partial charge in [-0.1, -0.05) is 52.0 Å². The van der Waals surface area contributed by atoms with Gasteiger partial charge in [0.15, 0.2) is 17.2 Å². The van der Waals surface area contributed by atoms with Gasteiger partial charge in [-0.3, -0.25) is 4.79 Å². The van der Waals surface area contributed by atoms with Crippen LogP contribution in [0.2, 0.25) is 0 Å². The zero-order chi connectivity index (χ0) is 44.8. The number of ether oxygens (including phenoxy) is 9. The first-order valence-electron chi connectivity index (χ1n) is 23.4. The second kappa shape index (κ2) is 18.9. The highest BCUT2D eigenvalue weighted by Gasteiger charge is 2.56. The molecule has 3 N–H and O–H groups in total. The van der Waals surface area contributed by atoms with E-state index >= 15 is 0 Å². The summed E-state index contributed by atoms with van der Waals surface area (Å²) in [6.07, 6.45) is 8.71. The third-order valence-corrected chi connectivity index (χ3v) is 15.0. The van der Waals surface area contributed by atoms with Gasteiger partial charge in [-0.05, 0) is 95.1 Å². The van der Waals surface area contributed by atoms with Crippen LogP contribution < -0.4 is 0 Å². The number of methoxy groups -OCH3 is 1. The first-order chi connectivity index (χ1) is 29.3. The molecule has 0 bridgehead atoms. The lowest BCUT2D eigenvalue weighted by Crippen LogP contribution is -2.60. The van der Waals surface area contributed by atoms with Crippen LogP contribution in [0.25, 0.3) is 0 Å². The molecule has 62 heavy (non-hydrogen) atoms. The van der Waals surface area contributed by atoms with Crippen LogP contribution in [-0.4, -0.2) is 125 Å². The topological polar surface area (TPSA) is 178 Å². The van der Waals surface area contributed by atoms with Crippen molar-refractivity contribution in [2.45, 2.75) is 216 Å². The molecule has 0 aromatic rings. The summed E-state index contributed by atoms with van der Waals surface area (Å²) in [4.78, 5) is 24.7. The van der Waals surface area contributed by atoms with Crippen LogP contribution in [0.5, 0.6) is 0 Å². The lowest BCUT2D eigenvalue weighted by Gasteiger charge is -2.51. The first kappa shape index (κ1) is 47.7. The van der Waals surface area contributed by atoms with E-state index in [1.165, 1.54) is 21.0 Å². The summed E-state index contributed by atoms with van der Waals surface area (Å²) in [5, 5.41) is 33.7. The molecule has 0 aromatic carbocycles. The van der Waals surface area contributed by atoms with Crippen LogP contribution in [0.15, 0.2) is 36.0 Å². The summed E-state index contributed by atoms with van der Waals surface area (Å²) in [7, 11) is 1.23. The summed E-state index contributed by atoms with van der Waals surface area (Å²) < 4.78 is 56.9. The molecule has 6 fully saturated rings. The van der Waals surface area contributed by atoms with Gasteiger partial charge in [0.25, 0.3) is 0 Å². The van der Waals surface area contributed by atoms with Crippen molar-refractivity contribution in [3.05, 3.63) is 36.0 Å². The molecule has 18 atom stereocenters. The van der Waals surface area contributed by atoms with E-state index < -0.39 is 77.6 Å². The molecule has 7 heterocycles. The number of aliphatic hydroxyl groups is 3. The number of carbonyl (C=O) groups is 2. The predicted molar refractivity (Wildman–Crippen MR) is 226 cm³/mol. The number of hydrogen-bond donors (Lipinski definition) is 3. The molecule has 0 aliphatic carbocycles.